The van der Waals surface area contributed by atoms with Gasteiger partial charge in [0.25, 0.3) is 5.56 Å². The first kappa shape index (κ1) is 17.2. The fourth-order valence-corrected chi connectivity index (χ4v) is 2.90. The molecule has 0 amide bonds. The van der Waals surface area contributed by atoms with Gasteiger partial charge in [-0.25, -0.2) is 4.79 Å². The number of aromatic amines is 1. The Hall–Kier alpha value is -2.67. The highest BCUT2D eigenvalue weighted by molar-refractivity contribution is 6.00. The normalized spacial score (nSPS) is 17.8. The van der Waals surface area contributed by atoms with E-state index in [1.807, 2.05) is 30.3 Å². The smallest absolute Gasteiger partial charge is 0.331 e. The lowest BCUT2D eigenvalue weighted by molar-refractivity contribution is 0.118. The quantitative estimate of drug-likeness (QED) is 0.799. The van der Waals surface area contributed by atoms with E-state index < -0.39 is 11.2 Å². The molecule has 1 fully saturated rings. The monoisotopic (exact) mass is 343 g/mol. The second-order valence-electron chi connectivity index (χ2n) is 6.09. The summed E-state index contributed by atoms with van der Waals surface area (Å²) in [5.74, 6) is -0.369. The van der Waals surface area contributed by atoms with Crippen LogP contribution in [0.1, 0.15) is 30.9 Å². The summed E-state index contributed by atoms with van der Waals surface area (Å²) in [6, 6.07) is 9.24. The molecule has 1 aliphatic heterocycles. The topological polar surface area (TPSA) is 96.7 Å². The zero-order valence-electron chi connectivity index (χ0n) is 14.1. The van der Waals surface area contributed by atoms with Crippen molar-refractivity contribution in [2.75, 3.05) is 13.2 Å². The van der Waals surface area contributed by atoms with Gasteiger partial charge in [-0.05, 0) is 25.3 Å². The number of aromatic nitrogens is 2. The van der Waals surface area contributed by atoms with Gasteiger partial charge < -0.3 is 9.84 Å². The third-order valence-electron chi connectivity index (χ3n) is 4.27. The van der Waals surface area contributed by atoms with E-state index in [1.165, 1.54) is 0 Å². The highest BCUT2D eigenvalue weighted by Gasteiger charge is 2.19. The molecule has 0 aliphatic carbocycles. The van der Waals surface area contributed by atoms with Crippen molar-refractivity contribution in [2.24, 2.45) is 4.99 Å². The summed E-state index contributed by atoms with van der Waals surface area (Å²) in [4.78, 5) is 30.9. The van der Waals surface area contributed by atoms with Crippen LogP contribution in [-0.2, 0) is 11.3 Å². The van der Waals surface area contributed by atoms with Crippen molar-refractivity contribution in [3.8, 4) is 5.88 Å². The Labute approximate surface area is 144 Å². The van der Waals surface area contributed by atoms with E-state index in [0.717, 1.165) is 29.6 Å². The van der Waals surface area contributed by atoms with Crippen molar-refractivity contribution >= 4 is 5.71 Å². The van der Waals surface area contributed by atoms with Crippen LogP contribution in [0.15, 0.2) is 44.9 Å². The van der Waals surface area contributed by atoms with Crippen molar-refractivity contribution in [1.82, 2.24) is 9.55 Å². The molecule has 7 heteroatoms. The van der Waals surface area contributed by atoms with Crippen LogP contribution in [0, 0.1) is 0 Å². The van der Waals surface area contributed by atoms with Crippen molar-refractivity contribution < 1.29 is 9.84 Å². The van der Waals surface area contributed by atoms with Gasteiger partial charge in [0.1, 0.15) is 5.56 Å². The molecule has 1 aromatic heterocycles. The molecule has 0 unspecified atom stereocenters. The molecule has 2 aromatic rings. The molecule has 1 atom stereocenters. The number of H-pyrrole nitrogens is 1. The summed E-state index contributed by atoms with van der Waals surface area (Å²) in [5.41, 5.74) is -0.0427. The van der Waals surface area contributed by atoms with Gasteiger partial charge in [0.05, 0.1) is 19.2 Å². The van der Waals surface area contributed by atoms with Crippen molar-refractivity contribution in [3.05, 3.63) is 62.3 Å². The van der Waals surface area contributed by atoms with Gasteiger partial charge in [-0.15, -0.1) is 0 Å². The Balaban J connectivity index is 1.93. The number of ether oxygens (including phenoxy) is 1. The molecule has 0 radical (unpaired) electrons. The predicted molar refractivity (Wildman–Crippen MR) is 94.6 cm³/mol. The summed E-state index contributed by atoms with van der Waals surface area (Å²) in [6.07, 6.45) is 1.99. The molecule has 3 rings (SSSR count). The molecule has 0 bridgehead atoms. The SMILES string of the molecule is CC(=NC[C@@H]1CCCO1)c1c(O)n(Cc2ccccc2)c(=O)[nH]c1=O. The number of hydrogen-bond donors (Lipinski definition) is 2. The molecule has 1 aliphatic rings. The Morgan fingerprint density at radius 3 is 2.80 bits per heavy atom. The molecule has 1 saturated heterocycles. The third-order valence-corrected chi connectivity index (χ3v) is 4.27. The second-order valence-corrected chi connectivity index (χ2v) is 6.09. The maximum Gasteiger partial charge on any atom is 0.331 e. The predicted octanol–water partition coefficient (Wildman–Crippen LogP) is 1.28. The van der Waals surface area contributed by atoms with Crippen LogP contribution < -0.4 is 11.2 Å². The number of nitrogens with zero attached hydrogens (tertiary/aromatic N) is 2. The van der Waals surface area contributed by atoms with E-state index in [1.54, 1.807) is 6.92 Å². The Morgan fingerprint density at radius 1 is 1.36 bits per heavy atom. The van der Waals surface area contributed by atoms with Gasteiger partial charge in [0.15, 0.2) is 0 Å². The van der Waals surface area contributed by atoms with Gasteiger partial charge in [0.2, 0.25) is 5.88 Å². The van der Waals surface area contributed by atoms with E-state index in [9.17, 15) is 14.7 Å². The molecule has 2 N–H and O–H groups in total. The molecule has 0 saturated carbocycles. The maximum absolute atomic E-state index is 12.2. The van der Waals surface area contributed by atoms with Crippen LogP contribution >= 0.6 is 0 Å². The molecule has 0 spiro atoms. The van der Waals surface area contributed by atoms with Crippen LogP contribution in [0.25, 0.3) is 0 Å². The minimum atomic E-state index is -0.651. The number of aliphatic imine (C=N–C) groups is 1. The van der Waals surface area contributed by atoms with Crippen LogP contribution in [0.4, 0.5) is 0 Å². The summed E-state index contributed by atoms with van der Waals surface area (Å²) < 4.78 is 6.65. The first-order chi connectivity index (χ1) is 12.1. The largest absolute Gasteiger partial charge is 0.494 e. The lowest BCUT2D eigenvalue weighted by Gasteiger charge is -2.12. The molecular formula is C18H21N3O4. The van der Waals surface area contributed by atoms with E-state index >= 15 is 0 Å². The van der Waals surface area contributed by atoms with Crippen LogP contribution in [0.3, 0.4) is 0 Å². The zero-order valence-corrected chi connectivity index (χ0v) is 14.1. The van der Waals surface area contributed by atoms with Gasteiger partial charge in [-0.2, -0.15) is 0 Å². The average Bonchev–Trinajstić information content (AvgIpc) is 3.11. The summed E-state index contributed by atoms with van der Waals surface area (Å²) in [5, 5.41) is 10.5. The molecule has 25 heavy (non-hydrogen) atoms. The van der Waals surface area contributed by atoms with Crippen LogP contribution in [0.2, 0.25) is 0 Å². The minimum Gasteiger partial charge on any atom is -0.494 e. The first-order valence-corrected chi connectivity index (χ1v) is 8.29. The lowest BCUT2D eigenvalue weighted by Crippen LogP contribution is -2.34. The first-order valence-electron chi connectivity index (χ1n) is 8.29. The molecular weight excluding hydrogens is 322 g/mol. The Morgan fingerprint density at radius 2 is 2.12 bits per heavy atom. The minimum absolute atomic E-state index is 0.0218. The summed E-state index contributed by atoms with van der Waals surface area (Å²) in [6.45, 7) is 2.97. The maximum atomic E-state index is 12.2. The Kier molecular flexibility index (Phi) is 5.14. The fourth-order valence-electron chi connectivity index (χ4n) is 2.90. The number of aromatic hydroxyl groups is 1. The number of nitrogens with one attached hydrogen (secondary N) is 1. The molecule has 1 aromatic carbocycles. The molecule has 132 valence electrons. The fraction of sp³-hybridized carbons (Fsp3) is 0.389. The summed E-state index contributed by atoms with van der Waals surface area (Å²) >= 11 is 0. The number of rotatable bonds is 5. The van der Waals surface area contributed by atoms with Crippen molar-refractivity contribution in [3.63, 3.8) is 0 Å². The highest BCUT2D eigenvalue weighted by Crippen LogP contribution is 2.15. The van der Waals surface area contributed by atoms with Gasteiger partial charge in [-0.3, -0.25) is 19.3 Å². The van der Waals surface area contributed by atoms with E-state index in [0.29, 0.717) is 12.3 Å². The highest BCUT2D eigenvalue weighted by atomic mass is 16.5. The standard InChI is InChI=1S/C18H21N3O4/c1-12(19-10-14-8-5-9-25-14)15-16(22)20-18(24)21(17(15)23)11-13-6-3-2-4-7-13/h2-4,6-7,14,23H,5,8-11H2,1H3,(H,20,22,24)/t14-/m0/s1. The third kappa shape index (κ3) is 3.88. The van der Waals surface area contributed by atoms with Crippen molar-refractivity contribution in [2.45, 2.75) is 32.4 Å². The van der Waals surface area contributed by atoms with Gasteiger partial charge >= 0.3 is 5.69 Å². The average molecular weight is 343 g/mol. The number of hydrogen-bond acceptors (Lipinski definition) is 5. The van der Waals surface area contributed by atoms with E-state index in [4.69, 9.17) is 4.74 Å². The van der Waals surface area contributed by atoms with Gasteiger partial charge in [-0.1, -0.05) is 30.3 Å². The molecule has 7 nitrogen and oxygen atoms in total. The molecule has 2 heterocycles. The summed E-state index contributed by atoms with van der Waals surface area (Å²) in [7, 11) is 0. The van der Waals surface area contributed by atoms with Crippen LogP contribution in [0.5, 0.6) is 5.88 Å². The van der Waals surface area contributed by atoms with E-state index in [-0.39, 0.29) is 24.1 Å². The van der Waals surface area contributed by atoms with Gasteiger partial charge in [0, 0.05) is 12.3 Å². The zero-order chi connectivity index (χ0) is 17.8. The number of benzene rings is 1. The van der Waals surface area contributed by atoms with E-state index in [2.05, 4.69) is 9.98 Å². The Bertz CT molecular complexity index is 877. The lowest BCUT2D eigenvalue weighted by atomic mass is 10.2. The van der Waals surface area contributed by atoms with Crippen molar-refractivity contribution in [1.29, 1.82) is 0 Å². The second kappa shape index (κ2) is 7.48. The van der Waals surface area contributed by atoms with Crippen LogP contribution in [-0.4, -0.2) is 39.6 Å².